The number of hydrogen-bond donors (Lipinski definition) is 2. The molecule has 2 aromatic carbocycles. The number of carbonyl (C=O) groups is 4. The fourth-order valence-corrected chi connectivity index (χ4v) is 5.13. The van der Waals surface area contributed by atoms with Crippen LogP contribution in [0.2, 0.25) is 0 Å². The van der Waals surface area contributed by atoms with Gasteiger partial charge in [0.1, 0.15) is 35.3 Å². The highest BCUT2D eigenvalue weighted by atomic mass is 16.6. The maximum absolute atomic E-state index is 14.0. The second-order valence-electron chi connectivity index (χ2n) is 11.9. The van der Waals surface area contributed by atoms with Crippen LogP contribution in [0.4, 0.5) is 4.79 Å². The third kappa shape index (κ3) is 8.24. The minimum absolute atomic E-state index is 0.00793. The highest BCUT2D eigenvalue weighted by Gasteiger charge is 2.43. The number of primary amides is 1. The molecule has 4 amide bonds. The predicted octanol–water partition coefficient (Wildman–Crippen LogP) is 3.12. The number of fused-ring (bicyclic) bond motifs is 1. The molecular weight excluding hydrogens is 590 g/mol. The zero-order valence-corrected chi connectivity index (χ0v) is 26.8. The van der Waals surface area contributed by atoms with Crippen molar-refractivity contribution >= 4 is 34.7 Å². The van der Waals surface area contributed by atoms with Crippen LogP contribution in [0.3, 0.4) is 0 Å². The Bertz CT molecular complexity index is 1680. The maximum Gasteiger partial charge on any atom is 0.408 e. The van der Waals surface area contributed by atoms with E-state index in [0.717, 1.165) is 5.56 Å². The van der Waals surface area contributed by atoms with Crippen LogP contribution in [-0.2, 0) is 19.1 Å². The summed E-state index contributed by atoms with van der Waals surface area (Å²) in [6, 6.07) is 14.6. The summed E-state index contributed by atoms with van der Waals surface area (Å²) in [5.41, 5.74) is 7.10. The van der Waals surface area contributed by atoms with E-state index in [-0.39, 0.29) is 19.5 Å². The molecule has 3 aromatic rings. The molecule has 1 aliphatic heterocycles. The van der Waals surface area contributed by atoms with Crippen LogP contribution in [0.25, 0.3) is 22.2 Å². The van der Waals surface area contributed by atoms with E-state index in [0.29, 0.717) is 28.1 Å². The van der Waals surface area contributed by atoms with Crippen molar-refractivity contribution in [2.24, 2.45) is 5.73 Å². The van der Waals surface area contributed by atoms with Crippen molar-refractivity contribution in [2.75, 3.05) is 27.2 Å². The van der Waals surface area contributed by atoms with E-state index >= 15 is 0 Å². The first-order chi connectivity index (χ1) is 21.8. The zero-order chi connectivity index (χ0) is 33.6. The van der Waals surface area contributed by atoms with E-state index in [1.807, 2.05) is 42.5 Å². The Balaban J connectivity index is 1.65. The number of likely N-dealkylation sites (tertiary alicyclic amines) is 1. The van der Waals surface area contributed by atoms with Crippen molar-refractivity contribution in [3.8, 4) is 34.6 Å². The van der Waals surface area contributed by atoms with Crippen molar-refractivity contribution in [1.82, 2.24) is 20.1 Å². The van der Waals surface area contributed by atoms with Gasteiger partial charge in [0.15, 0.2) is 0 Å². The molecule has 12 nitrogen and oxygen atoms in total. The Morgan fingerprint density at radius 2 is 1.85 bits per heavy atom. The number of likely N-dealkylation sites (N-methyl/N-ethyl adjacent to an activating group) is 1. The lowest BCUT2D eigenvalue weighted by Gasteiger charge is -2.30. The van der Waals surface area contributed by atoms with Gasteiger partial charge in [-0.25, -0.2) is 9.78 Å². The van der Waals surface area contributed by atoms with E-state index < -0.39 is 47.6 Å². The summed E-state index contributed by atoms with van der Waals surface area (Å²) in [6.45, 7) is 6.33. The Hall–Kier alpha value is -5.31. The molecule has 0 radical (unpaired) electrons. The minimum Gasteiger partial charge on any atom is -0.497 e. The summed E-state index contributed by atoms with van der Waals surface area (Å²) >= 11 is 0. The monoisotopic (exact) mass is 629 g/mol. The molecule has 1 aliphatic rings. The van der Waals surface area contributed by atoms with Crippen LogP contribution < -0.4 is 20.5 Å². The first-order valence-corrected chi connectivity index (χ1v) is 14.8. The lowest BCUT2D eigenvalue weighted by atomic mass is 10.1. The molecule has 0 unspecified atom stereocenters. The van der Waals surface area contributed by atoms with Gasteiger partial charge in [0.25, 0.3) is 5.91 Å². The Morgan fingerprint density at radius 1 is 1.13 bits per heavy atom. The van der Waals surface area contributed by atoms with E-state index in [2.05, 4.69) is 17.2 Å². The van der Waals surface area contributed by atoms with Gasteiger partial charge in [0, 0.05) is 36.6 Å². The highest BCUT2D eigenvalue weighted by molar-refractivity contribution is 5.95. The number of alkyl carbamates (subject to hydrolysis) is 1. The molecule has 3 N–H and O–H groups in total. The molecule has 1 aromatic heterocycles. The molecule has 0 bridgehead atoms. The van der Waals surface area contributed by atoms with Gasteiger partial charge < -0.3 is 35.1 Å². The second kappa shape index (κ2) is 14.2. The van der Waals surface area contributed by atoms with E-state index in [1.54, 1.807) is 40.0 Å². The lowest BCUT2D eigenvalue weighted by Crippen LogP contribution is -2.57. The molecule has 0 aliphatic carbocycles. The van der Waals surface area contributed by atoms with Gasteiger partial charge in [-0.2, -0.15) is 0 Å². The fourth-order valence-electron chi connectivity index (χ4n) is 5.13. The Labute approximate surface area is 268 Å². The molecule has 0 saturated carbocycles. The standard InChI is InChI=1S/C34H39N5O7/c1-7-11-30(40)38(5)20-27(37-33(43)46-34(2,3)4)32(42)39-19-23(17-28(39)31(35)41)45-29-18-25(21-12-9-8-10-13-21)36-26-16-22(44-6)14-15-24(26)29/h8-10,12-16,18,23,27-28H,17,19-20H2,1-6H3,(H2,35,41)(H,37,43)/t23-,27-,28+/m1/s1. The van der Waals surface area contributed by atoms with Gasteiger partial charge in [0.05, 0.1) is 31.4 Å². The largest absolute Gasteiger partial charge is 0.497 e. The smallest absolute Gasteiger partial charge is 0.408 e. The van der Waals surface area contributed by atoms with Crippen molar-refractivity contribution in [1.29, 1.82) is 0 Å². The summed E-state index contributed by atoms with van der Waals surface area (Å²) in [6.07, 6.45) is -1.38. The molecule has 1 fully saturated rings. The van der Waals surface area contributed by atoms with E-state index in [9.17, 15) is 19.2 Å². The fraction of sp³-hybridized carbons (Fsp3) is 0.382. The van der Waals surface area contributed by atoms with Gasteiger partial charge in [0.2, 0.25) is 11.8 Å². The lowest BCUT2D eigenvalue weighted by molar-refractivity contribution is -0.140. The number of aromatic nitrogens is 1. The van der Waals surface area contributed by atoms with Gasteiger partial charge >= 0.3 is 6.09 Å². The van der Waals surface area contributed by atoms with Crippen molar-refractivity contribution in [2.45, 2.75) is 57.9 Å². The second-order valence-corrected chi connectivity index (χ2v) is 11.9. The third-order valence-electron chi connectivity index (χ3n) is 7.24. The first-order valence-electron chi connectivity index (χ1n) is 14.8. The average Bonchev–Trinajstić information content (AvgIpc) is 3.43. The average molecular weight is 630 g/mol. The Morgan fingerprint density at radius 3 is 2.48 bits per heavy atom. The molecule has 4 rings (SSSR count). The van der Waals surface area contributed by atoms with Gasteiger partial charge in [-0.1, -0.05) is 36.3 Å². The van der Waals surface area contributed by atoms with Crippen molar-refractivity contribution < 1.29 is 33.4 Å². The molecule has 0 spiro atoms. The topological polar surface area (TPSA) is 153 Å². The third-order valence-corrected chi connectivity index (χ3v) is 7.24. The molecular formula is C34H39N5O7. The van der Waals surface area contributed by atoms with Crippen LogP contribution in [-0.4, -0.2) is 89.6 Å². The normalized spacial score (nSPS) is 16.5. The number of methoxy groups -OCH3 is 1. The van der Waals surface area contributed by atoms with Crippen molar-refractivity contribution in [3.63, 3.8) is 0 Å². The molecule has 3 atom stereocenters. The number of rotatable bonds is 9. The molecule has 2 heterocycles. The van der Waals surface area contributed by atoms with Crippen molar-refractivity contribution in [3.05, 3.63) is 54.6 Å². The SMILES string of the molecule is CC#CC(=O)N(C)C[C@@H](NC(=O)OC(C)(C)C)C(=O)N1C[C@H](Oc2cc(-c3ccccc3)nc3cc(OC)ccc23)C[C@H]1C(N)=O. The van der Waals surface area contributed by atoms with Gasteiger partial charge in [-0.05, 0) is 45.7 Å². The summed E-state index contributed by atoms with van der Waals surface area (Å²) in [5, 5.41) is 3.27. The number of hydrogen-bond acceptors (Lipinski definition) is 8. The number of amides is 4. The van der Waals surface area contributed by atoms with Crippen LogP contribution in [0.1, 0.15) is 34.1 Å². The Kier molecular flexibility index (Phi) is 10.4. The highest BCUT2D eigenvalue weighted by Crippen LogP contribution is 2.34. The van der Waals surface area contributed by atoms with Crippen LogP contribution >= 0.6 is 0 Å². The number of nitrogens with two attached hydrogens (primary N) is 1. The zero-order valence-electron chi connectivity index (χ0n) is 26.8. The van der Waals surface area contributed by atoms with Gasteiger partial charge in [-0.15, -0.1) is 0 Å². The van der Waals surface area contributed by atoms with Crippen LogP contribution in [0, 0.1) is 11.8 Å². The quantitative estimate of drug-likeness (QED) is 0.343. The summed E-state index contributed by atoms with van der Waals surface area (Å²) in [4.78, 5) is 59.1. The van der Waals surface area contributed by atoms with Gasteiger partial charge in [-0.3, -0.25) is 14.4 Å². The maximum atomic E-state index is 14.0. The number of ether oxygens (including phenoxy) is 3. The minimum atomic E-state index is -1.26. The van der Waals surface area contributed by atoms with Crippen LogP contribution in [0.15, 0.2) is 54.6 Å². The van der Waals surface area contributed by atoms with Crippen LogP contribution in [0.5, 0.6) is 11.5 Å². The first kappa shape index (κ1) is 33.6. The molecule has 242 valence electrons. The van der Waals surface area contributed by atoms with E-state index in [1.165, 1.54) is 23.8 Å². The molecule has 46 heavy (non-hydrogen) atoms. The summed E-state index contributed by atoms with van der Waals surface area (Å²) in [7, 11) is 3.03. The van der Waals surface area contributed by atoms with E-state index in [4.69, 9.17) is 24.9 Å². The number of benzene rings is 2. The number of nitrogens with zero attached hydrogens (tertiary/aromatic N) is 3. The number of carbonyl (C=O) groups excluding carboxylic acids is 4. The molecule has 12 heteroatoms. The number of nitrogens with one attached hydrogen (secondary N) is 1. The summed E-state index contributed by atoms with van der Waals surface area (Å²) < 4.78 is 17.3. The number of pyridine rings is 1. The predicted molar refractivity (Wildman–Crippen MR) is 172 cm³/mol. The molecule has 1 saturated heterocycles. The summed E-state index contributed by atoms with van der Waals surface area (Å²) in [5.74, 6) is 4.16.